The fourth-order valence-corrected chi connectivity index (χ4v) is 2.05. The highest BCUT2D eigenvalue weighted by molar-refractivity contribution is 6.30. The van der Waals surface area contributed by atoms with E-state index in [2.05, 4.69) is 12.2 Å². The molecule has 1 fully saturated rings. The van der Waals surface area contributed by atoms with Crippen LogP contribution in [-0.4, -0.2) is 25.7 Å². The zero-order valence-corrected chi connectivity index (χ0v) is 11.8. The van der Waals surface area contributed by atoms with E-state index in [1.165, 1.54) is 6.07 Å². The molecule has 1 aromatic rings. The molecule has 1 N–H and O–H groups in total. The molecule has 1 aromatic carbocycles. The highest BCUT2D eigenvalue weighted by atomic mass is 35.5. The summed E-state index contributed by atoms with van der Waals surface area (Å²) >= 11 is 5.71. The quantitative estimate of drug-likeness (QED) is 0.857. The maximum atomic E-state index is 13.6. The van der Waals surface area contributed by atoms with Crippen molar-refractivity contribution in [2.24, 2.45) is 0 Å². The third kappa shape index (κ3) is 4.18. The Morgan fingerprint density at radius 2 is 2.12 bits per heavy atom. The van der Waals surface area contributed by atoms with Crippen molar-refractivity contribution < 1.29 is 4.39 Å². The monoisotopic (exact) mass is 300 g/mol. The third-order valence-electron chi connectivity index (χ3n) is 2.62. The first kappa shape index (κ1) is 16.8. The Hall–Kier alpha value is -0.220. The smallest absolute Gasteiger partial charge is 0.147 e. The van der Waals surface area contributed by atoms with Gasteiger partial charge in [0.05, 0.1) is 5.69 Å². The first-order valence-electron chi connectivity index (χ1n) is 5.10. The van der Waals surface area contributed by atoms with Crippen LogP contribution >= 0.6 is 36.4 Å². The van der Waals surface area contributed by atoms with Gasteiger partial charge in [-0.3, -0.25) is 0 Å². The Kier molecular flexibility index (Phi) is 7.17. The number of nitrogens with one attached hydrogen (secondary N) is 1. The lowest BCUT2D eigenvalue weighted by Gasteiger charge is -2.33. The number of anilines is 1. The van der Waals surface area contributed by atoms with E-state index in [4.69, 9.17) is 11.6 Å². The van der Waals surface area contributed by atoms with E-state index in [1.54, 1.807) is 12.1 Å². The summed E-state index contributed by atoms with van der Waals surface area (Å²) in [5.74, 6) is -0.239. The molecule has 98 valence electrons. The largest absolute Gasteiger partial charge is 0.366 e. The second kappa shape index (κ2) is 7.27. The highest BCUT2D eigenvalue weighted by Gasteiger charge is 2.18. The maximum Gasteiger partial charge on any atom is 0.147 e. The summed E-state index contributed by atoms with van der Waals surface area (Å²) in [4.78, 5) is 2.05. The van der Waals surface area contributed by atoms with Crippen LogP contribution < -0.4 is 10.2 Å². The SMILES string of the molecule is CC1CN(c2ccc(Cl)cc2F)CCN1.Cl.Cl. The molecule has 0 aliphatic carbocycles. The van der Waals surface area contributed by atoms with Crippen LogP contribution in [0.2, 0.25) is 5.02 Å². The Balaban J connectivity index is 0.00000128. The van der Waals surface area contributed by atoms with Gasteiger partial charge in [-0.1, -0.05) is 11.6 Å². The van der Waals surface area contributed by atoms with E-state index in [0.717, 1.165) is 19.6 Å². The van der Waals surface area contributed by atoms with Gasteiger partial charge in [0, 0.05) is 30.7 Å². The fraction of sp³-hybridized carbons (Fsp3) is 0.455. The fourth-order valence-electron chi connectivity index (χ4n) is 1.89. The summed E-state index contributed by atoms with van der Waals surface area (Å²) in [5, 5.41) is 3.77. The predicted octanol–water partition coefficient (Wildman–Crippen LogP) is 3.12. The number of piperazine rings is 1. The van der Waals surface area contributed by atoms with Gasteiger partial charge in [0.25, 0.3) is 0 Å². The number of hydrogen-bond donors (Lipinski definition) is 1. The molecule has 0 radical (unpaired) electrons. The third-order valence-corrected chi connectivity index (χ3v) is 2.85. The normalized spacial score (nSPS) is 19.2. The van der Waals surface area contributed by atoms with Crippen LogP contribution in [0.3, 0.4) is 0 Å². The lowest BCUT2D eigenvalue weighted by Crippen LogP contribution is -2.49. The van der Waals surface area contributed by atoms with E-state index < -0.39 is 0 Å². The lowest BCUT2D eigenvalue weighted by molar-refractivity contribution is 0.478. The van der Waals surface area contributed by atoms with E-state index in [9.17, 15) is 4.39 Å². The van der Waals surface area contributed by atoms with Gasteiger partial charge < -0.3 is 10.2 Å². The predicted molar refractivity (Wildman–Crippen MR) is 75.6 cm³/mol. The average Bonchev–Trinajstić information content (AvgIpc) is 2.17. The second-order valence-corrected chi connectivity index (χ2v) is 4.33. The minimum absolute atomic E-state index is 0. The molecule has 1 saturated heterocycles. The molecule has 1 atom stereocenters. The molecule has 2 rings (SSSR count). The zero-order valence-electron chi connectivity index (χ0n) is 9.45. The first-order valence-corrected chi connectivity index (χ1v) is 5.48. The molecule has 0 bridgehead atoms. The van der Waals surface area contributed by atoms with Crippen molar-refractivity contribution in [1.29, 1.82) is 0 Å². The molecule has 2 nitrogen and oxygen atoms in total. The first-order chi connectivity index (χ1) is 7.16. The van der Waals surface area contributed by atoms with Gasteiger partial charge in [0.1, 0.15) is 5.82 Å². The molecule has 0 saturated carbocycles. The van der Waals surface area contributed by atoms with Gasteiger partial charge in [0.2, 0.25) is 0 Å². The molecular formula is C11H16Cl3FN2. The van der Waals surface area contributed by atoms with Crippen molar-refractivity contribution in [3.05, 3.63) is 29.0 Å². The Morgan fingerprint density at radius 3 is 2.71 bits per heavy atom. The average molecular weight is 302 g/mol. The van der Waals surface area contributed by atoms with Crippen molar-refractivity contribution in [2.45, 2.75) is 13.0 Å². The van der Waals surface area contributed by atoms with Gasteiger partial charge in [-0.15, -0.1) is 24.8 Å². The number of hydrogen-bond acceptors (Lipinski definition) is 2. The molecule has 1 unspecified atom stereocenters. The maximum absolute atomic E-state index is 13.6. The van der Waals surface area contributed by atoms with Gasteiger partial charge >= 0.3 is 0 Å². The van der Waals surface area contributed by atoms with Crippen molar-refractivity contribution in [1.82, 2.24) is 5.32 Å². The molecule has 17 heavy (non-hydrogen) atoms. The molecule has 0 spiro atoms. The number of benzene rings is 1. The van der Waals surface area contributed by atoms with Gasteiger partial charge in [-0.25, -0.2) is 4.39 Å². The summed E-state index contributed by atoms with van der Waals surface area (Å²) in [7, 11) is 0. The second-order valence-electron chi connectivity index (χ2n) is 3.90. The molecule has 6 heteroatoms. The van der Waals surface area contributed by atoms with Crippen LogP contribution in [0, 0.1) is 5.82 Å². The van der Waals surface area contributed by atoms with Crippen LogP contribution in [0.15, 0.2) is 18.2 Å². The van der Waals surface area contributed by atoms with Gasteiger partial charge in [-0.2, -0.15) is 0 Å². The lowest BCUT2D eigenvalue weighted by atomic mass is 10.2. The highest BCUT2D eigenvalue weighted by Crippen LogP contribution is 2.23. The minimum atomic E-state index is -0.239. The molecular weight excluding hydrogens is 285 g/mol. The summed E-state index contributed by atoms with van der Waals surface area (Å²) < 4.78 is 13.6. The van der Waals surface area contributed by atoms with E-state index in [-0.39, 0.29) is 30.6 Å². The van der Waals surface area contributed by atoms with Crippen molar-refractivity contribution in [2.75, 3.05) is 24.5 Å². The van der Waals surface area contributed by atoms with E-state index in [1.807, 2.05) is 4.90 Å². The number of rotatable bonds is 1. The summed E-state index contributed by atoms with van der Waals surface area (Å²) in [6.07, 6.45) is 0. The van der Waals surface area contributed by atoms with Crippen LogP contribution in [0.25, 0.3) is 0 Å². The molecule has 0 amide bonds. The zero-order chi connectivity index (χ0) is 10.8. The molecule has 1 heterocycles. The topological polar surface area (TPSA) is 15.3 Å². The van der Waals surface area contributed by atoms with Crippen molar-refractivity contribution >= 4 is 42.1 Å². The van der Waals surface area contributed by atoms with Gasteiger partial charge in [-0.05, 0) is 25.1 Å². The van der Waals surface area contributed by atoms with Crippen LogP contribution in [0.4, 0.5) is 10.1 Å². The van der Waals surface area contributed by atoms with Crippen LogP contribution in [0.1, 0.15) is 6.92 Å². The number of nitrogens with zero attached hydrogens (tertiary/aromatic N) is 1. The minimum Gasteiger partial charge on any atom is -0.366 e. The summed E-state index contributed by atoms with van der Waals surface area (Å²) in [6, 6.07) is 5.24. The van der Waals surface area contributed by atoms with E-state index >= 15 is 0 Å². The van der Waals surface area contributed by atoms with Crippen LogP contribution in [0.5, 0.6) is 0 Å². The summed E-state index contributed by atoms with van der Waals surface area (Å²) in [6.45, 7) is 4.66. The van der Waals surface area contributed by atoms with Gasteiger partial charge in [0.15, 0.2) is 0 Å². The molecule has 0 aromatic heterocycles. The Bertz CT molecular complexity index is 363. The molecule has 1 aliphatic heterocycles. The standard InChI is InChI=1S/C11H14ClFN2.2ClH/c1-8-7-15(5-4-14-8)11-3-2-9(12)6-10(11)13;;/h2-3,6,8,14H,4-5,7H2,1H3;2*1H. The van der Waals surface area contributed by atoms with Crippen LogP contribution in [-0.2, 0) is 0 Å². The Labute approximate surface area is 118 Å². The van der Waals surface area contributed by atoms with Crippen molar-refractivity contribution in [3.8, 4) is 0 Å². The Morgan fingerprint density at radius 1 is 1.41 bits per heavy atom. The molecule has 1 aliphatic rings. The van der Waals surface area contributed by atoms with E-state index in [0.29, 0.717) is 16.8 Å². The summed E-state index contributed by atoms with van der Waals surface area (Å²) in [5.41, 5.74) is 0.646. The van der Waals surface area contributed by atoms with Crippen molar-refractivity contribution in [3.63, 3.8) is 0 Å². The number of halogens is 4.